The number of hydrogen-bond acceptors (Lipinski definition) is 3. The van der Waals surface area contributed by atoms with Crippen molar-refractivity contribution >= 4 is 0 Å². The van der Waals surface area contributed by atoms with E-state index in [0.717, 1.165) is 35.0 Å². The lowest BCUT2D eigenvalue weighted by Gasteiger charge is -2.16. The smallest absolute Gasteiger partial charge is 0.125 e. The molecule has 0 aliphatic rings. The number of benzene rings is 1. The molecule has 0 aliphatic carbocycles. The number of aromatic nitrogens is 2. The zero-order valence-electron chi connectivity index (χ0n) is 14.3. The van der Waals surface area contributed by atoms with Gasteiger partial charge in [0, 0.05) is 11.8 Å². The lowest BCUT2D eigenvalue weighted by Crippen LogP contribution is -2.11. The Morgan fingerprint density at radius 3 is 2.50 bits per heavy atom. The Morgan fingerprint density at radius 2 is 1.86 bits per heavy atom. The van der Waals surface area contributed by atoms with E-state index in [4.69, 9.17) is 4.74 Å². The monoisotopic (exact) mass is 298 g/mol. The van der Waals surface area contributed by atoms with Gasteiger partial charge in [0.1, 0.15) is 11.6 Å². The van der Waals surface area contributed by atoms with Crippen LogP contribution in [0.3, 0.4) is 0 Å². The lowest BCUT2D eigenvalue weighted by atomic mass is 10.00. The van der Waals surface area contributed by atoms with Crippen molar-refractivity contribution in [2.45, 2.75) is 41.0 Å². The van der Waals surface area contributed by atoms with E-state index in [1.807, 2.05) is 19.1 Å². The van der Waals surface area contributed by atoms with Gasteiger partial charge in [-0.1, -0.05) is 20.8 Å². The van der Waals surface area contributed by atoms with Crippen molar-refractivity contribution in [1.82, 2.24) is 9.97 Å². The number of hydrogen-bond donors (Lipinski definition) is 0. The SMILES string of the molecule is Cc1nccc(-c2ccc(OCC(C)CC(C)C)c(C)c2)n1. The highest BCUT2D eigenvalue weighted by molar-refractivity contribution is 5.61. The highest BCUT2D eigenvalue weighted by Crippen LogP contribution is 2.25. The summed E-state index contributed by atoms with van der Waals surface area (Å²) < 4.78 is 5.98. The summed E-state index contributed by atoms with van der Waals surface area (Å²) in [5.41, 5.74) is 3.20. The van der Waals surface area contributed by atoms with Crippen molar-refractivity contribution in [3.63, 3.8) is 0 Å². The Kier molecular flexibility index (Phi) is 5.53. The van der Waals surface area contributed by atoms with E-state index < -0.39 is 0 Å². The fourth-order valence-corrected chi connectivity index (χ4v) is 2.69. The molecular weight excluding hydrogens is 272 g/mol. The molecule has 0 N–H and O–H groups in total. The normalized spacial score (nSPS) is 12.5. The molecule has 1 heterocycles. The molecule has 2 rings (SSSR count). The van der Waals surface area contributed by atoms with E-state index in [2.05, 4.69) is 49.8 Å². The van der Waals surface area contributed by atoms with E-state index in [9.17, 15) is 0 Å². The molecule has 1 atom stereocenters. The summed E-state index contributed by atoms with van der Waals surface area (Å²) in [6, 6.07) is 8.18. The first-order chi connectivity index (χ1) is 10.5. The molecule has 2 aromatic rings. The first-order valence-electron chi connectivity index (χ1n) is 7.99. The van der Waals surface area contributed by atoms with E-state index in [1.54, 1.807) is 6.20 Å². The van der Waals surface area contributed by atoms with Crippen molar-refractivity contribution in [2.24, 2.45) is 11.8 Å². The maximum atomic E-state index is 5.98. The van der Waals surface area contributed by atoms with Crippen LogP contribution in [0.25, 0.3) is 11.3 Å². The maximum Gasteiger partial charge on any atom is 0.125 e. The standard InChI is InChI=1S/C19H26N2O/c1-13(2)10-14(3)12-22-19-7-6-17(11-15(19)4)18-8-9-20-16(5)21-18/h6-9,11,13-14H,10,12H2,1-5H3. The van der Waals surface area contributed by atoms with Crippen LogP contribution < -0.4 is 4.74 Å². The molecule has 0 fully saturated rings. The number of nitrogens with zero attached hydrogens (tertiary/aromatic N) is 2. The van der Waals surface area contributed by atoms with Crippen LogP contribution in [-0.4, -0.2) is 16.6 Å². The van der Waals surface area contributed by atoms with Crippen molar-refractivity contribution in [3.05, 3.63) is 41.9 Å². The molecule has 0 spiro atoms. The third-order valence-corrected chi connectivity index (χ3v) is 3.64. The highest BCUT2D eigenvalue weighted by Gasteiger charge is 2.09. The van der Waals surface area contributed by atoms with Crippen LogP contribution in [0.15, 0.2) is 30.5 Å². The third kappa shape index (κ3) is 4.55. The Labute approximate surface area is 133 Å². The molecule has 3 nitrogen and oxygen atoms in total. The van der Waals surface area contributed by atoms with Crippen LogP contribution in [0, 0.1) is 25.7 Å². The number of rotatable bonds is 6. The van der Waals surface area contributed by atoms with Gasteiger partial charge in [-0.15, -0.1) is 0 Å². The van der Waals surface area contributed by atoms with Crippen molar-refractivity contribution in [3.8, 4) is 17.0 Å². The molecule has 1 unspecified atom stereocenters. The van der Waals surface area contributed by atoms with E-state index in [0.29, 0.717) is 11.8 Å². The fraction of sp³-hybridized carbons (Fsp3) is 0.474. The van der Waals surface area contributed by atoms with Gasteiger partial charge in [-0.2, -0.15) is 0 Å². The molecule has 1 aromatic carbocycles. The van der Waals surface area contributed by atoms with E-state index in [1.165, 1.54) is 6.42 Å². The van der Waals surface area contributed by atoms with E-state index >= 15 is 0 Å². The van der Waals surface area contributed by atoms with Gasteiger partial charge in [-0.25, -0.2) is 9.97 Å². The highest BCUT2D eigenvalue weighted by atomic mass is 16.5. The van der Waals surface area contributed by atoms with Gasteiger partial charge in [0.25, 0.3) is 0 Å². The molecule has 22 heavy (non-hydrogen) atoms. The summed E-state index contributed by atoms with van der Waals surface area (Å²) in [6.07, 6.45) is 2.99. The zero-order chi connectivity index (χ0) is 16.1. The van der Waals surface area contributed by atoms with Crippen LogP contribution in [0.5, 0.6) is 5.75 Å². The second kappa shape index (κ2) is 7.39. The molecule has 118 valence electrons. The molecule has 0 amide bonds. The minimum Gasteiger partial charge on any atom is -0.493 e. The van der Waals surface area contributed by atoms with Crippen LogP contribution in [-0.2, 0) is 0 Å². The second-order valence-corrected chi connectivity index (χ2v) is 6.52. The topological polar surface area (TPSA) is 35.0 Å². The van der Waals surface area contributed by atoms with Crippen LogP contribution >= 0.6 is 0 Å². The predicted molar refractivity (Wildman–Crippen MR) is 91.1 cm³/mol. The first-order valence-corrected chi connectivity index (χ1v) is 7.99. The molecule has 0 saturated carbocycles. The van der Waals surface area contributed by atoms with Crippen molar-refractivity contribution < 1.29 is 4.74 Å². The van der Waals surface area contributed by atoms with Gasteiger partial charge in [0.2, 0.25) is 0 Å². The average molecular weight is 298 g/mol. The summed E-state index contributed by atoms with van der Waals surface area (Å²) in [5, 5.41) is 0. The summed E-state index contributed by atoms with van der Waals surface area (Å²) in [5.74, 6) is 3.04. The van der Waals surface area contributed by atoms with E-state index in [-0.39, 0.29) is 0 Å². The Hall–Kier alpha value is -1.90. The van der Waals surface area contributed by atoms with Gasteiger partial charge in [-0.3, -0.25) is 0 Å². The summed E-state index contributed by atoms with van der Waals surface area (Å²) in [7, 11) is 0. The van der Waals surface area contributed by atoms with Crippen molar-refractivity contribution in [1.29, 1.82) is 0 Å². The van der Waals surface area contributed by atoms with Crippen LogP contribution in [0.2, 0.25) is 0 Å². The molecule has 0 radical (unpaired) electrons. The molecular formula is C19H26N2O. The van der Waals surface area contributed by atoms with Crippen molar-refractivity contribution in [2.75, 3.05) is 6.61 Å². The lowest BCUT2D eigenvalue weighted by molar-refractivity contribution is 0.238. The Bertz CT molecular complexity index is 623. The molecule has 0 saturated heterocycles. The minimum absolute atomic E-state index is 0.573. The van der Waals surface area contributed by atoms with Gasteiger partial charge in [0.05, 0.1) is 12.3 Å². The molecule has 0 aliphatic heterocycles. The number of aryl methyl sites for hydroxylation is 2. The number of ether oxygens (including phenoxy) is 1. The average Bonchev–Trinajstić information content (AvgIpc) is 2.45. The van der Waals surface area contributed by atoms with Crippen LogP contribution in [0.1, 0.15) is 38.6 Å². The maximum absolute atomic E-state index is 5.98. The summed E-state index contributed by atoms with van der Waals surface area (Å²) in [4.78, 5) is 8.61. The summed E-state index contributed by atoms with van der Waals surface area (Å²) in [6.45, 7) is 11.5. The quantitative estimate of drug-likeness (QED) is 0.766. The Morgan fingerprint density at radius 1 is 1.09 bits per heavy atom. The van der Waals surface area contributed by atoms with Crippen LogP contribution in [0.4, 0.5) is 0 Å². The second-order valence-electron chi connectivity index (χ2n) is 6.52. The summed E-state index contributed by atoms with van der Waals surface area (Å²) >= 11 is 0. The van der Waals surface area contributed by atoms with Gasteiger partial charge in [0.15, 0.2) is 0 Å². The third-order valence-electron chi connectivity index (χ3n) is 3.64. The Balaban J connectivity index is 2.07. The predicted octanol–water partition coefficient (Wildman–Crippen LogP) is 4.82. The zero-order valence-corrected chi connectivity index (χ0v) is 14.3. The minimum atomic E-state index is 0.573. The largest absolute Gasteiger partial charge is 0.493 e. The fourth-order valence-electron chi connectivity index (χ4n) is 2.69. The molecule has 3 heteroatoms. The van der Waals surface area contributed by atoms with Gasteiger partial charge < -0.3 is 4.74 Å². The molecule has 0 bridgehead atoms. The van der Waals surface area contributed by atoms with Gasteiger partial charge >= 0.3 is 0 Å². The van der Waals surface area contributed by atoms with Gasteiger partial charge in [-0.05, 0) is 61.9 Å². The molecule has 1 aromatic heterocycles. The first kappa shape index (κ1) is 16.5.